The van der Waals surface area contributed by atoms with Crippen LogP contribution in [-0.4, -0.2) is 61.6 Å². The molecule has 1 saturated carbocycles. The minimum atomic E-state index is -0.613. The van der Waals surface area contributed by atoms with Crippen LogP contribution in [0.25, 0.3) is 0 Å². The Morgan fingerprint density at radius 3 is 2.37 bits per heavy atom. The predicted molar refractivity (Wildman–Crippen MR) is 124 cm³/mol. The molecule has 0 aromatic rings. The third-order valence-corrected chi connectivity index (χ3v) is 8.63. The molecule has 3 aliphatic heterocycles. The van der Waals surface area contributed by atoms with Gasteiger partial charge in [0.15, 0.2) is 0 Å². The number of hydrogen-bond donors (Lipinski definition) is 0. The van der Waals surface area contributed by atoms with E-state index in [1.807, 2.05) is 0 Å². The second-order valence-corrected chi connectivity index (χ2v) is 10.5. The van der Waals surface area contributed by atoms with Crippen molar-refractivity contribution in [3.63, 3.8) is 0 Å². The molecule has 2 spiro atoms. The number of carbonyl (C=O) groups is 3. The molecule has 1 unspecified atom stereocenters. The zero-order chi connectivity index (χ0) is 24.8. The van der Waals surface area contributed by atoms with Crippen molar-refractivity contribution in [1.29, 1.82) is 0 Å². The van der Waals surface area contributed by atoms with Gasteiger partial charge in [-0.2, -0.15) is 0 Å². The van der Waals surface area contributed by atoms with Crippen LogP contribution in [0.4, 0.5) is 0 Å². The maximum atomic E-state index is 12.8. The van der Waals surface area contributed by atoms with Gasteiger partial charge in [-0.15, -0.1) is 0 Å². The first-order chi connectivity index (χ1) is 16.7. The molecule has 0 N–H and O–H groups in total. The molecule has 188 valence electrons. The van der Waals surface area contributed by atoms with Crippen LogP contribution in [0.1, 0.15) is 46.5 Å². The highest BCUT2D eigenvalue weighted by atomic mass is 16.6. The monoisotopic (exact) mass is 484 g/mol. The van der Waals surface area contributed by atoms with Gasteiger partial charge in [0, 0.05) is 36.5 Å². The van der Waals surface area contributed by atoms with Gasteiger partial charge in [-0.3, -0.25) is 0 Å². The lowest BCUT2D eigenvalue weighted by Crippen LogP contribution is -2.66. The van der Waals surface area contributed by atoms with Crippen molar-refractivity contribution in [2.75, 3.05) is 19.8 Å². The third-order valence-electron chi connectivity index (χ3n) is 8.63. The van der Waals surface area contributed by atoms with E-state index in [-0.39, 0.29) is 25.4 Å². The van der Waals surface area contributed by atoms with Crippen LogP contribution in [0, 0.1) is 10.8 Å². The quantitative estimate of drug-likeness (QED) is 0.224. The first-order valence-electron chi connectivity index (χ1n) is 12.2. The summed E-state index contributed by atoms with van der Waals surface area (Å²) in [4.78, 5) is 37.4. The molecule has 8 heteroatoms. The molecule has 0 amide bonds. The summed E-state index contributed by atoms with van der Waals surface area (Å²) in [6.07, 6.45) is 10.5. The molecule has 2 aliphatic carbocycles. The highest BCUT2D eigenvalue weighted by molar-refractivity contribution is 5.85. The Labute approximate surface area is 204 Å². The normalized spacial score (nSPS) is 44.9. The first kappa shape index (κ1) is 24.0. The Bertz CT molecular complexity index is 1050. The SMILES string of the molecule is CC1=C[C@H]2O[C@@H]3C[C@H]4OC(=O)/C=C\C=C\C(=O)OCC/C(C)=C/C(=O)OC[C@@]2(CC1)[C@]4(C)C31CO1. The fraction of sp³-hybridized carbons (Fsp3) is 0.593. The molecule has 0 radical (unpaired) electrons. The summed E-state index contributed by atoms with van der Waals surface area (Å²) in [5, 5.41) is 0. The molecule has 35 heavy (non-hydrogen) atoms. The van der Waals surface area contributed by atoms with Gasteiger partial charge in [0.25, 0.3) is 0 Å². The van der Waals surface area contributed by atoms with Crippen molar-refractivity contribution in [1.82, 2.24) is 0 Å². The number of hydrogen-bond acceptors (Lipinski definition) is 8. The van der Waals surface area contributed by atoms with Gasteiger partial charge in [-0.05, 0) is 26.7 Å². The molecule has 2 saturated heterocycles. The van der Waals surface area contributed by atoms with Crippen molar-refractivity contribution in [3.8, 4) is 0 Å². The molecule has 5 aliphatic rings. The molecule has 5 rings (SSSR count). The van der Waals surface area contributed by atoms with Crippen LogP contribution in [0.15, 0.2) is 47.6 Å². The van der Waals surface area contributed by atoms with Gasteiger partial charge in [0.1, 0.15) is 18.3 Å². The number of cyclic esters (lactones) is 2. The predicted octanol–water partition coefficient (Wildman–Crippen LogP) is 3.12. The number of rotatable bonds is 0. The van der Waals surface area contributed by atoms with Gasteiger partial charge in [0.05, 0.1) is 30.8 Å². The Balaban J connectivity index is 1.53. The highest BCUT2D eigenvalue weighted by Gasteiger charge is 2.83. The van der Waals surface area contributed by atoms with Gasteiger partial charge >= 0.3 is 17.9 Å². The van der Waals surface area contributed by atoms with Gasteiger partial charge < -0.3 is 23.7 Å². The summed E-state index contributed by atoms with van der Waals surface area (Å²) in [6, 6.07) is 0. The van der Waals surface area contributed by atoms with Crippen LogP contribution in [0.5, 0.6) is 0 Å². The number of ether oxygens (including phenoxy) is 5. The molecule has 6 atom stereocenters. The van der Waals surface area contributed by atoms with E-state index in [9.17, 15) is 14.4 Å². The summed E-state index contributed by atoms with van der Waals surface area (Å²) in [6.45, 7) is 6.77. The van der Waals surface area contributed by atoms with Crippen molar-refractivity contribution in [2.24, 2.45) is 10.8 Å². The summed E-state index contributed by atoms with van der Waals surface area (Å²) in [7, 11) is 0. The number of allylic oxidation sites excluding steroid dienone is 3. The van der Waals surface area contributed by atoms with Gasteiger partial charge in [-0.25, -0.2) is 14.4 Å². The molecule has 3 fully saturated rings. The average molecular weight is 485 g/mol. The lowest BCUT2D eigenvalue weighted by Gasteiger charge is -2.58. The van der Waals surface area contributed by atoms with Crippen molar-refractivity contribution in [2.45, 2.75) is 70.4 Å². The zero-order valence-corrected chi connectivity index (χ0v) is 20.4. The Kier molecular flexibility index (Phi) is 6.00. The number of esters is 3. The standard InChI is InChI=1S/C27H32O8/c1-17-8-10-26-15-32-24(30)13-18(2)9-11-31-22(28)6-4-5-7-23(29)35-19-14-21(34-20(26)12-17)27(16-33-27)25(19,26)3/h4-7,12-13,19-21H,8-11,14-16H2,1-3H3/b6-4+,7-5-,18-13+/t19-,20-,21-,25-,26-,27?/m1/s1. The van der Waals surface area contributed by atoms with E-state index < -0.39 is 40.4 Å². The smallest absolute Gasteiger partial charge is 0.331 e. The number of carbonyl (C=O) groups excluding carboxylic acids is 3. The zero-order valence-electron chi connectivity index (χ0n) is 20.4. The van der Waals surface area contributed by atoms with Gasteiger partial charge in [-0.1, -0.05) is 36.3 Å². The van der Waals surface area contributed by atoms with E-state index in [1.54, 1.807) is 6.92 Å². The van der Waals surface area contributed by atoms with Crippen molar-refractivity contribution >= 4 is 17.9 Å². The second kappa shape index (κ2) is 8.75. The summed E-state index contributed by atoms with van der Waals surface area (Å²) >= 11 is 0. The molecule has 8 nitrogen and oxygen atoms in total. The minimum Gasteiger partial charge on any atom is -0.462 e. The van der Waals surface area contributed by atoms with Crippen LogP contribution < -0.4 is 0 Å². The largest absolute Gasteiger partial charge is 0.462 e. The van der Waals surface area contributed by atoms with E-state index in [2.05, 4.69) is 19.9 Å². The minimum absolute atomic E-state index is 0.125. The van der Waals surface area contributed by atoms with E-state index in [1.165, 1.54) is 36.0 Å². The van der Waals surface area contributed by atoms with Crippen molar-refractivity contribution in [3.05, 3.63) is 47.6 Å². The maximum absolute atomic E-state index is 12.8. The fourth-order valence-corrected chi connectivity index (χ4v) is 6.46. The summed E-state index contributed by atoms with van der Waals surface area (Å²) in [5.41, 5.74) is 0.194. The summed E-state index contributed by atoms with van der Waals surface area (Å²) < 4.78 is 29.7. The maximum Gasteiger partial charge on any atom is 0.331 e. The molecule has 0 aromatic carbocycles. The van der Waals surface area contributed by atoms with E-state index >= 15 is 0 Å². The molecule has 3 heterocycles. The third kappa shape index (κ3) is 3.87. The van der Waals surface area contributed by atoms with Crippen LogP contribution in [0.3, 0.4) is 0 Å². The fourth-order valence-electron chi connectivity index (χ4n) is 6.46. The Morgan fingerprint density at radius 1 is 0.886 bits per heavy atom. The number of epoxide rings is 1. The second-order valence-electron chi connectivity index (χ2n) is 10.5. The lowest BCUT2D eigenvalue weighted by molar-refractivity contribution is -0.232. The Morgan fingerprint density at radius 2 is 1.63 bits per heavy atom. The van der Waals surface area contributed by atoms with Crippen LogP contribution >= 0.6 is 0 Å². The highest BCUT2D eigenvalue weighted by Crippen LogP contribution is 2.72. The molecule has 0 aromatic heterocycles. The van der Waals surface area contributed by atoms with Crippen LogP contribution in [0.2, 0.25) is 0 Å². The average Bonchev–Trinajstić information content (AvgIpc) is 3.58. The first-order valence-corrected chi connectivity index (χ1v) is 12.2. The van der Waals surface area contributed by atoms with E-state index in [0.29, 0.717) is 19.4 Å². The van der Waals surface area contributed by atoms with Gasteiger partial charge in [0.2, 0.25) is 0 Å². The molecular formula is C27H32O8. The van der Waals surface area contributed by atoms with E-state index in [4.69, 9.17) is 23.7 Å². The lowest BCUT2D eigenvalue weighted by atomic mass is 9.51. The van der Waals surface area contributed by atoms with Crippen LogP contribution in [-0.2, 0) is 38.1 Å². The topological polar surface area (TPSA) is 101 Å². The molecular weight excluding hydrogens is 452 g/mol. The van der Waals surface area contributed by atoms with Crippen molar-refractivity contribution < 1.29 is 38.1 Å². The van der Waals surface area contributed by atoms with E-state index in [0.717, 1.165) is 18.4 Å². The summed E-state index contributed by atoms with van der Waals surface area (Å²) in [5.74, 6) is -1.50. The molecule has 2 bridgehead atoms. The Hall–Kier alpha value is -2.71.